The third-order valence-electron chi connectivity index (χ3n) is 5.60. The molecule has 27 heavy (non-hydrogen) atoms. The zero-order valence-corrected chi connectivity index (χ0v) is 17.4. The molecule has 0 radical (unpaired) electrons. The van der Waals surface area contributed by atoms with E-state index in [-0.39, 0.29) is 5.41 Å². The molecule has 0 atom stereocenters. The molecule has 0 saturated carbocycles. The number of halogens is 1. The van der Waals surface area contributed by atoms with Crippen molar-refractivity contribution in [3.05, 3.63) is 82.8 Å². The Kier molecular flexibility index (Phi) is 3.61. The Morgan fingerprint density at radius 1 is 0.667 bits per heavy atom. The average molecular weight is 413 g/mol. The van der Waals surface area contributed by atoms with Gasteiger partial charge < -0.3 is 0 Å². The van der Waals surface area contributed by atoms with Gasteiger partial charge in [-0.3, -0.25) is 0 Å². The van der Waals surface area contributed by atoms with Crippen LogP contribution in [0.4, 0.5) is 0 Å². The quantitative estimate of drug-likeness (QED) is 0.242. The second-order valence-electron chi connectivity index (χ2n) is 8.45. The maximum atomic E-state index is 3.62. The topological polar surface area (TPSA) is 0 Å². The first-order valence-corrected chi connectivity index (χ1v) is 10.2. The predicted octanol–water partition coefficient (Wildman–Crippen LogP) is 8.31. The van der Waals surface area contributed by atoms with Crippen molar-refractivity contribution in [2.45, 2.75) is 26.2 Å². The first kappa shape index (κ1) is 16.8. The molecule has 0 aliphatic heterocycles. The van der Waals surface area contributed by atoms with E-state index in [1.54, 1.807) is 0 Å². The second-order valence-corrected chi connectivity index (χ2v) is 9.36. The predicted molar refractivity (Wildman–Crippen MR) is 122 cm³/mol. The van der Waals surface area contributed by atoms with Gasteiger partial charge in [0.2, 0.25) is 0 Å². The fourth-order valence-corrected chi connectivity index (χ4v) is 4.56. The molecule has 0 aliphatic rings. The van der Waals surface area contributed by atoms with Crippen molar-refractivity contribution in [3.8, 4) is 11.1 Å². The molecule has 0 amide bonds. The Balaban J connectivity index is 1.90. The van der Waals surface area contributed by atoms with E-state index in [1.807, 2.05) is 0 Å². The highest BCUT2D eigenvalue weighted by Crippen LogP contribution is 2.41. The van der Waals surface area contributed by atoms with E-state index >= 15 is 0 Å². The molecular weight excluding hydrogens is 392 g/mol. The molecule has 0 aromatic heterocycles. The van der Waals surface area contributed by atoms with E-state index in [0.29, 0.717) is 0 Å². The van der Waals surface area contributed by atoms with E-state index in [0.717, 1.165) is 4.47 Å². The zero-order chi connectivity index (χ0) is 18.8. The summed E-state index contributed by atoms with van der Waals surface area (Å²) in [5.41, 5.74) is 4.07. The summed E-state index contributed by atoms with van der Waals surface area (Å²) in [5, 5.41) is 8.07. The van der Waals surface area contributed by atoms with Crippen LogP contribution in [0.2, 0.25) is 0 Å². The normalized spacial score (nSPS) is 12.4. The molecule has 5 rings (SSSR count). The first-order chi connectivity index (χ1) is 12.9. The van der Waals surface area contributed by atoms with Crippen LogP contribution >= 0.6 is 15.9 Å². The minimum Gasteiger partial charge on any atom is -0.0605 e. The largest absolute Gasteiger partial charge is 0.0605 e. The molecule has 132 valence electrons. The lowest BCUT2D eigenvalue weighted by atomic mass is 9.83. The average Bonchev–Trinajstić information content (AvgIpc) is 2.65. The Hall–Kier alpha value is -2.38. The maximum Gasteiger partial charge on any atom is 0.0181 e. The van der Waals surface area contributed by atoms with Gasteiger partial charge in [0, 0.05) is 4.47 Å². The molecule has 5 aromatic carbocycles. The summed E-state index contributed by atoms with van der Waals surface area (Å²) in [4.78, 5) is 0. The van der Waals surface area contributed by atoms with Crippen LogP contribution in [0.1, 0.15) is 26.3 Å². The van der Waals surface area contributed by atoms with Crippen LogP contribution < -0.4 is 0 Å². The maximum absolute atomic E-state index is 3.62. The highest BCUT2D eigenvalue weighted by Gasteiger charge is 2.17. The zero-order valence-electron chi connectivity index (χ0n) is 15.8. The lowest BCUT2D eigenvalue weighted by Crippen LogP contribution is -2.10. The fraction of sp³-hybridized carbons (Fsp3) is 0.154. The lowest BCUT2D eigenvalue weighted by molar-refractivity contribution is 0.591. The highest BCUT2D eigenvalue weighted by molar-refractivity contribution is 9.10. The second kappa shape index (κ2) is 5.81. The summed E-state index contributed by atoms with van der Waals surface area (Å²) < 4.78 is 1.11. The minimum absolute atomic E-state index is 0.145. The SMILES string of the molecule is CC(C)(C)c1cc2ccc3ccc(-c4cccc(Br)c4)c4ccc(c1)c2c34. The van der Waals surface area contributed by atoms with Gasteiger partial charge in [-0.1, -0.05) is 97.4 Å². The first-order valence-electron chi connectivity index (χ1n) is 9.40. The molecule has 0 aliphatic carbocycles. The summed E-state index contributed by atoms with van der Waals surface area (Å²) >= 11 is 3.62. The van der Waals surface area contributed by atoms with Gasteiger partial charge in [0.05, 0.1) is 0 Å². The van der Waals surface area contributed by atoms with E-state index in [2.05, 4.69) is 109 Å². The van der Waals surface area contributed by atoms with Crippen molar-refractivity contribution >= 4 is 48.2 Å². The van der Waals surface area contributed by atoms with Crippen molar-refractivity contribution in [1.29, 1.82) is 0 Å². The monoisotopic (exact) mass is 412 g/mol. The summed E-state index contributed by atoms with van der Waals surface area (Å²) in [5.74, 6) is 0. The van der Waals surface area contributed by atoms with Crippen LogP contribution in [0.5, 0.6) is 0 Å². The van der Waals surface area contributed by atoms with Crippen molar-refractivity contribution in [2.24, 2.45) is 0 Å². The number of benzene rings is 5. The summed E-state index contributed by atoms with van der Waals surface area (Å²) in [6.07, 6.45) is 0. The molecule has 0 bridgehead atoms. The van der Waals surface area contributed by atoms with Crippen LogP contribution in [0, 0.1) is 0 Å². The van der Waals surface area contributed by atoms with E-state index in [4.69, 9.17) is 0 Å². The van der Waals surface area contributed by atoms with Gasteiger partial charge in [-0.25, -0.2) is 0 Å². The van der Waals surface area contributed by atoms with Crippen molar-refractivity contribution < 1.29 is 0 Å². The minimum atomic E-state index is 0.145. The van der Waals surface area contributed by atoms with Gasteiger partial charge >= 0.3 is 0 Å². The molecule has 0 unspecified atom stereocenters. The van der Waals surface area contributed by atoms with Crippen molar-refractivity contribution in [1.82, 2.24) is 0 Å². The third kappa shape index (κ3) is 2.64. The van der Waals surface area contributed by atoms with Crippen LogP contribution in [-0.4, -0.2) is 0 Å². The molecule has 0 spiro atoms. The van der Waals surface area contributed by atoms with E-state index < -0.39 is 0 Å². The standard InChI is InChI=1S/C26H21Br/c1-26(2,3)20-13-18-8-7-16-9-11-22(17-5-4-6-21(27)15-17)23-12-10-19(14-20)24(18)25(16)23/h4-15H,1-3H3. The Morgan fingerprint density at radius 3 is 2.04 bits per heavy atom. The van der Waals surface area contributed by atoms with Crippen LogP contribution in [0.25, 0.3) is 43.4 Å². The molecule has 5 aromatic rings. The molecule has 0 saturated heterocycles. The number of hydrogen-bond acceptors (Lipinski definition) is 0. The summed E-state index contributed by atoms with van der Waals surface area (Å²) in [7, 11) is 0. The number of hydrogen-bond donors (Lipinski definition) is 0. The van der Waals surface area contributed by atoms with Crippen LogP contribution in [0.3, 0.4) is 0 Å². The molecule has 0 heterocycles. The fourth-order valence-electron chi connectivity index (χ4n) is 4.16. The van der Waals surface area contributed by atoms with Crippen molar-refractivity contribution in [3.63, 3.8) is 0 Å². The van der Waals surface area contributed by atoms with Gasteiger partial charge in [-0.15, -0.1) is 0 Å². The Bertz CT molecular complexity index is 1290. The molecule has 0 fully saturated rings. The lowest BCUT2D eigenvalue weighted by Gasteiger charge is -2.22. The number of rotatable bonds is 1. The third-order valence-corrected chi connectivity index (χ3v) is 6.09. The van der Waals surface area contributed by atoms with Gasteiger partial charge in [-0.2, -0.15) is 0 Å². The molecule has 1 heteroatoms. The van der Waals surface area contributed by atoms with E-state index in [9.17, 15) is 0 Å². The Morgan fingerprint density at radius 2 is 1.33 bits per heavy atom. The summed E-state index contributed by atoms with van der Waals surface area (Å²) in [6, 6.07) is 26.9. The van der Waals surface area contributed by atoms with Crippen LogP contribution in [0.15, 0.2) is 77.3 Å². The molecule has 0 nitrogen and oxygen atoms in total. The van der Waals surface area contributed by atoms with Gasteiger partial charge in [0.15, 0.2) is 0 Å². The molecular formula is C26H21Br. The smallest absolute Gasteiger partial charge is 0.0181 e. The van der Waals surface area contributed by atoms with Gasteiger partial charge in [0.25, 0.3) is 0 Å². The van der Waals surface area contributed by atoms with Crippen LogP contribution in [-0.2, 0) is 5.41 Å². The summed E-state index contributed by atoms with van der Waals surface area (Å²) in [6.45, 7) is 6.85. The highest BCUT2D eigenvalue weighted by atomic mass is 79.9. The Labute approximate surface area is 168 Å². The van der Waals surface area contributed by atoms with Gasteiger partial charge in [-0.05, 0) is 66.6 Å². The van der Waals surface area contributed by atoms with Crippen molar-refractivity contribution in [2.75, 3.05) is 0 Å². The van der Waals surface area contributed by atoms with E-state index in [1.165, 1.54) is 49.0 Å². The van der Waals surface area contributed by atoms with Gasteiger partial charge in [0.1, 0.15) is 0 Å². The molecule has 0 N–H and O–H groups in total.